The molecule has 3 aromatic rings. The molecule has 4 rings (SSSR count). The highest BCUT2D eigenvalue weighted by atomic mass is 127. The summed E-state index contributed by atoms with van der Waals surface area (Å²) in [5.74, 6) is 0.594. The Morgan fingerprint density at radius 1 is 1.10 bits per heavy atom. The maximum Gasteiger partial charge on any atom is 0.342 e. The number of ether oxygens (including phenoxy) is 1. The van der Waals surface area contributed by atoms with Gasteiger partial charge in [-0.05, 0) is 69.9 Å². The standard InChI is InChI=1S/C30H40ClIN4O3/c1-15-13-18(29(2,3)4)23(19(14-15)30(5,6)7)39-28(38)21-20(16-9-11-17(31)12-10-16)24(32)36-26(21)35-25(33)22(34-8)27(36)37/h9-12,15,18-19,23,34-35H,13-14,33H2,1-8H3. The molecule has 0 spiro atoms. The van der Waals surface area contributed by atoms with E-state index in [1.165, 1.54) is 4.40 Å². The van der Waals surface area contributed by atoms with Gasteiger partial charge in [-0.3, -0.25) is 9.20 Å². The molecule has 1 fully saturated rings. The summed E-state index contributed by atoms with van der Waals surface area (Å²) in [6.45, 7) is 15.7. The maximum absolute atomic E-state index is 14.4. The van der Waals surface area contributed by atoms with E-state index in [0.29, 0.717) is 31.4 Å². The number of fused-ring (bicyclic) bond motifs is 1. The molecule has 39 heavy (non-hydrogen) atoms. The number of carbonyl (C=O) groups excluding carboxylic acids is 1. The first-order chi connectivity index (χ1) is 18.1. The van der Waals surface area contributed by atoms with Crippen LogP contribution in [0.25, 0.3) is 16.8 Å². The lowest BCUT2D eigenvalue weighted by molar-refractivity contribution is -0.0922. The van der Waals surface area contributed by atoms with Crippen LogP contribution in [0.1, 0.15) is 71.7 Å². The minimum absolute atomic E-state index is 0.0557. The van der Waals surface area contributed by atoms with E-state index >= 15 is 0 Å². The molecule has 0 radical (unpaired) electrons. The average Bonchev–Trinajstić information content (AvgIpc) is 3.11. The van der Waals surface area contributed by atoms with Crippen molar-refractivity contribution in [1.29, 1.82) is 0 Å². The second kappa shape index (κ2) is 10.7. The molecule has 4 N–H and O–H groups in total. The molecular weight excluding hydrogens is 627 g/mol. The second-order valence-corrected chi connectivity index (χ2v) is 14.6. The molecule has 2 heterocycles. The van der Waals surface area contributed by atoms with Crippen molar-refractivity contribution in [2.45, 2.75) is 67.4 Å². The van der Waals surface area contributed by atoms with Gasteiger partial charge in [-0.15, -0.1) is 0 Å². The van der Waals surface area contributed by atoms with E-state index in [-0.39, 0.29) is 45.8 Å². The van der Waals surface area contributed by atoms with Gasteiger partial charge >= 0.3 is 5.97 Å². The fraction of sp³-hybridized carbons (Fsp3) is 0.533. The molecule has 212 valence electrons. The fourth-order valence-electron chi connectivity index (χ4n) is 6.14. The van der Waals surface area contributed by atoms with Crippen LogP contribution >= 0.6 is 34.2 Å². The molecule has 0 amide bonds. The summed E-state index contributed by atoms with van der Waals surface area (Å²) in [4.78, 5) is 31.0. The fourth-order valence-corrected chi connectivity index (χ4v) is 7.31. The highest BCUT2D eigenvalue weighted by Gasteiger charge is 2.48. The van der Waals surface area contributed by atoms with Crippen LogP contribution in [-0.2, 0) is 4.74 Å². The quantitative estimate of drug-likeness (QED) is 0.198. The molecule has 2 atom stereocenters. The zero-order chi connectivity index (χ0) is 29.0. The van der Waals surface area contributed by atoms with Gasteiger partial charge in [0.15, 0.2) is 0 Å². The van der Waals surface area contributed by atoms with Gasteiger partial charge in [-0.25, -0.2) is 4.79 Å². The first-order valence-corrected chi connectivity index (χ1v) is 14.9. The van der Waals surface area contributed by atoms with Crippen molar-refractivity contribution in [2.24, 2.45) is 28.6 Å². The Kier molecular flexibility index (Phi) is 8.13. The largest absolute Gasteiger partial charge is 0.458 e. The Bertz CT molecular complexity index is 1420. The number of hydrogen-bond donors (Lipinski definition) is 3. The molecule has 1 saturated carbocycles. The van der Waals surface area contributed by atoms with Crippen molar-refractivity contribution >= 4 is 57.3 Å². The normalized spacial score (nSPS) is 22.2. The van der Waals surface area contributed by atoms with Gasteiger partial charge < -0.3 is 20.8 Å². The summed E-state index contributed by atoms with van der Waals surface area (Å²) in [6.07, 6.45) is 1.70. The van der Waals surface area contributed by atoms with Gasteiger partial charge in [0.25, 0.3) is 5.56 Å². The molecule has 0 bridgehead atoms. The van der Waals surface area contributed by atoms with Crippen LogP contribution < -0.4 is 16.6 Å². The van der Waals surface area contributed by atoms with Crippen LogP contribution in [0.4, 0.5) is 11.5 Å². The van der Waals surface area contributed by atoms with Crippen molar-refractivity contribution < 1.29 is 9.53 Å². The number of nitrogens with two attached hydrogens (primary N) is 1. The maximum atomic E-state index is 14.4. The number of H-pyrrole nitrogens is 1. The number of carbonyl (C=O) groups is 1. The van der Waals surface area contributed by atoms with Gasteiger partial charge in [0.2, 0.25) is 0 Å². The Balaban J connectivity index is 1.95. The predicted molar refractivity (Wildman–Crippen MR) is 169 cm³/mol. The lowest BCUT2D eigenvalue weighted by Gasteiger charge is -2.50. The SMILES string of the molecule is CNc1c(N)[nH]c2c(C(=O)OC3C(C(C)(C)C)CC(C)CC3C(C)(C)C)c(-c3ccc(Cl)cc3)c(I)n2c1=O. The molecule has 0 saturated heterocycles. The molecule has 7 nitrogen and oxygen atoms in total. The minimum Gasteiger partial charge on any atom is -0.458 e. The molecule has 9 heteroatoms. The monoisotopic (exact) mass is 666 g/mol. The lowest BCUT2D eigenvalue weighted by Crippen LogP contribution is -2.49. The number of rotatable bonds is 4. The highest BCUT2D eigenvalue weighted by Crippen LogP contribution is 2.50. The number of nitrogens with one attached hydrogen (secondary N) is 2. The van der Waals surface area contributed by atoms with Crippen LogP contribution in [0.5, 0.6) is 0 Å². The molecule has 1 aliphatic rings. The molecule has 1 aromatic carbocycles. The van der Waals surface area contributed by atoms with Crippen molar-refractivity contribution in [1.82, 2.24) is 9.38 Å². The van der Waals surface area contributed by atoms with Gasteiger partial charge in [0, 0.05) is 29.5 Å². The smallest absolute Gasteiger partial charge is 0.342 e. The highest BCUT2D eigenvalue weighted by molar-refractivity contribution is 14.1. The number of esters is 1. The molecular formula is C30H40ClIN4O3. The first kappa shape index (κ1) is 29.8. The van der Waals surface area contributed by atoms with Crippen molar-refractivity contribution in [2.75, 3.05) is 18.1 Å². The number of nitrogens with zero attached hydrogens (tertiary/aromatic N) is 1. The topological polar surface area (TPSA) is 102 Å². The van der Waals surface area contributed by atoms with E-state index in [1.54, 1.807) is 19.2 Å². The molecule has 2 aromatic heterocycles. The number of aromatic amines is 1. The first-order valence-electron chi connectivity index (χ1n) is 13.5. The Morgan fingerprint density at radius 2 is 1.64 bits per heavy atom. The van der Waals surface area contributed by atoms with E-state index in [2.05, 4.69) is 81.4 Å². The number of hydrogen-bond acceptors (Lipinski definition) is 5. The van der Waals surface area contributed by atoms with Gasteiger partial charge in [0.1, 0.15) is 28.8 Å². The Morgan fingerprint density at radius 3 is 2.13 bits per heavy atom. The number of halogens is 2. The number of nitrogen functional groups attached to an aromatic ring is 1. The number of benzene rings is 1. The zero-order valence-electron chi connectivity index (χ0n) is 24.0. The Hall–Kier alpha value is -2.20. The van der Waals surface area contributed by atoms with Crippen molar-refractivity contribution in [3.05, 3.63) is 48.9 Å². The van der Waals surface area contributed by atoms with Gasteiger partial charge in [0.05, 0.1) is 3.70 Å². The second-order valence-electron chi connectivity index (χ2n) is 13.1. The van der Waals surface area contributed by atoms with Crippen LogP contribution in [0.2, 0.25) is 5.02 Å². The number of aromatic nitrogens is 2. The Labute approximate surface area is 249 Å². The van der Waals surface area contributed by atoms with Gasteiger partial charge in [-0.2, -0.15) is 0 Å². The zero-order valence-corrected chi connectivity index (χ0v) is 27.0. The third-order valence-corrected chi connectivity index (χ3v) is 9.49. The van der Waals surface area contributed by atoms with Crippen LogP contribution in [0.3, 0.4) is 0 Å². The third-order valence-electron chi connectivity index (χ3n) is 8.21. The van der Waals surface area contributed by atoms with E-state index < -0.39 is 5.97 Å². The van der Waals surface area contributed by atoms with Crippen molar-refractivity contribution in [3.8, 4) is 11.1 Å². The lowest BCUT2D eigenvalue weighted by atomic mass is 9.59. The summed E-state index contributed by atoms with van der Waals surface area (Å²) < 4.78 is 8.67. The van der Waals surface area contributed by atoms with Crippen LogP contribution in [0.15, 0.2) is 29.1 Å². The van der Waals surface area contributed by atoms with E-state index in [0.717, 1.165) is 18.4 Å². The molecule has 0 aliphatic heterocycles. The van der Waals surface area contributed by atoms with Gasteiger partial charge in [-0.1, -0.05) is 72.2 Å². The summed E-state index contributed by atoms with van der Waals surface area (Å²) in [5.41, 5.74) is 8.01. The third kappa shape index (κ3) is 5.56. The minimum atomic E-state index is -0.462. The van der Waals surface area contributed by atoms with E-state index in [9.17, 15) is 9.59 Å². The van der Waals surface area contributed by atoms with Crippen molar-refractivity contribution in [3.63, 3.8) is 0 Å². The summed E-state index contributed by atoms with van der Waals surface area (Å²) in [5, 5.41) is 3.46. The van der Waals surface area contributed by atoms with Crippen LogP contribution in [0, 0.1) is 32.3 Å². The van der Waals surface area contributed by atoms with Crippen LogP contribution in [-0.4, -0.2) is 28.5 Å². The summed E-state index contributed by atoms with van der Waals surface area (Å²) in [7, 11) is 1.64. The average molecular weight is 667 g/mol. The summed E-state index contributed by atoms with van der Waals surface area (Å²) in [6, 6.07) is 7.24. The molecule has 1 aliphatic carbocycles. The summed E-state index contributed by atoms with van der Waals surface area (Å²) >= 11 is 8.30. The van der Waals surface area contributed by atoms with E-state index in [4.69, 9.17) is 22.1 Å². The predicted octanol–water partition coefficient (Wildman–Crippen LogP) is 7.46. The van der Waals surface area contributed by atoms with E-state index in [1.807, 2.05) is 12.1 Å². The number of anilines is 2. The molecule has 2 unspecified atom stereocenters.